The van der Waals surface area contributed by atoms with Crippen molar-refractivity contribution in [2.75, 3.05) is 13.2 Å². The van der Waals surface area contributed by atoms with Crippen molar-refractivity contribution in [2.45, 2.75) is 25.6 Å². The van der Waals surface area contributed by atoms with Gasteiger partial charge in [0.05, 0.1) is 25.8 Å². The summed E-state index contributed by atoms with van der Waals surface area (Å²) in [4.78, 5) is 11.7. The Balaban J connectivity index is 1.84. The fraction of sp³-hybridized carbons (Fsp3) is 0.429. The van der Waals surface area contributed by atoms with Crippen molar-refractivity contribution in [3.63, 3.8) is 0 Å². The molecule has 1 aromatic carbocycles. The van der Waals surface area contributed by atoms with Crippen LogP contribution < -0.4 is 5.43 Å². The number of ether oxygens (including phenoxy) is 2. The Bertz CT molecular complexity index is 496. The molecule has 0 aliphatic carbocycles. The monoisotopic (exact) mass is 278 g/mol. The second-order valence-corrected chi connectivity index (χ2v) is 4.71. The van der Waals surface area contributed by atoms with Crippen LogP contribution in [-0.4, -0.2) is 36.2 Å². The van der Waals surface area contributed by atoms with Crippen molar-refractivity contribution in [1.82, 2.24) is 5.43 Å². The Morgan fingerprint density at radius 2 is 2.15 bits per heavy atom. The van der Waals surface area contributed by atoms with Crippen LogP contribution in [0.25, 0.3) is 0 Å². The summed E-state index contributed by atoms with van der Waals surface area (Å²) in [5.74, 6) is -1.08. The maximum Gasteiger partial charge on any atom is 0.245 e. The molecule has 1 aromatic rings. The van der Waals surface area contributed by atoms with Crippen molar-refractivity contribution >= 4 is 12.1 Å². The van der Waals surface area contributed by atoms with Crippen LogP contribution in [0.3, 0.4) is 0 Å². The smallest absolute Gasteiger partial charge is 0.245 e. The van der Waals surface area contributed by atoms with Crippen molar-refractivity contribution in [3.05, 3.63) is 29.8 Å². The number of hydrogen-bond acceptors (Lipinski definition) is 5. The zero-order chi connectivity index (χ0) is 14.4. The van der Waals surface area contributed by atoms with Gasteiger partial charge in [-0.3, -0.25) is 4.79 Å². The molecule has 0 saturated carbocycles. The van der Waals surface area contributed by atoms with Crippen molar-refractivity contribution < 1.29 is 19.4 Å². The highest BCUT2D eigenvalue weighted by Gasteiger charge is 2.31. The predicted molar refractivity (Wildman–Crippen MR) is 73.4 cm³/mol. The molecule has 0 radical (unpaired) electrons. The number of phenolic OH excluding ortho intramolecular Hbond substituents is 1. The van der Waals surface area contributed by atoms with E-state index in [1.54, 1.807) is 31.2 Å². The number of para-hydroxylation sites is 1. The Hall–Kier alpha value is -1.92. The molecule has 0 spiro atoms. The first kappa shape index (κ1) is 14.5. The molecule has 1 saturated heterocycles. The van der Waals surface area contributed by atoms with Gasteiger partial charge in [-0.1, -0.05) is 12.1 Å². The molecule has 0 bridgehead atoms. The topological polar surface area (TPSA) is 80.2 Å². The van der Waals surface area contributed by atoms with Gasteiger partial charge in [0.25, 0.3) is 0 Å². The molecule has 1 amide bonds. The first-order chi connectivity index (χ1) is 9.59. The third kappa shape index (κ3) is 4.04. The summed E-state index contributed by atoms with van der Waals surface area (Å²) < 4.78 is 10.9. The average Bonchev–Trinajstić information content (AvgIpc) is 2.41. The number of carbonyl (C=O) groups is 1. The van der Waals surface area contributed by atoms with Crippen LogP contribution in [0.1, 0.15) is 25.3 Å². The lowest BCUT2D eigenvalue weighted by Crippen LogP contribution is -2.41. The zero-order valence-electron chi connectivity index (χ0n) is 11.3. The van der Waals surface area contributed by atoms with Gasteiger partial charge in [-0.15, -0.1) is 0 Å². The van der Waals surface area contributed by atoms with Crippen LogP contribution >= 0.6 is 0 Å². The SMILES string of the molecule is CC1(CC(=O)N/N=C\c2ccccc2O)OCCCO1. The van der Waals surface area contributed by atoms with E-state index in [1.807, 2.05) is 0 Å². The standard InChI is InChI=1S/C14H18N2O4/c1-14(19-7-4-8-20-14)9-13(18)16-15-10-11-5-2-3-6-12(11)17/h2-3,5-6,10,17H,4,7-9H2,1H3,(H,16,18)/b15-10-. The van der Waals surface area contributed by atoms with E-state index in [2.05, 4.69) is 10.5 Å². The molecular formula is C14H18N2O4. The molecule has 1 aliphatic heterocycles. The predicted octanol–water partition coefficient (Wildman–Crippen LogP) is 1.39. The number of carbonyl (C=O) groups excluding carboxylic acids is 1. The van der Waals surface area contributed by atoms with Crippen molar-refractivity contribution in [2.24, 2.45) is 5.10 Å². The zero-order valence-corrected chi connectivity index (χ0v) is 11.3. The third-order valence-corrected chi connectivity index (χ3v) is 2.91. The quantitative estimate of drug-likeness (QED) is 0.644. The van der Waals surface area contributed by atoms with Crippen molar-refractivity contribution in [3.8, 4) is 5.75 Å². The van der Waals surface area contributed by atoms with Gasteiger partial charge < -0.3 is 14.6 Å². The second kappa shape index (κ2) is 6.49. The summed E-state index contributed by atoms with van der Waals surface area (Å²) in [5, 5.41) is 13.3. The van der Waals surface area contributed by atoms with Crippen LogP contribution in [0.4, 0.5) is 0 Å². The van der Waals surface area contributed by atoms with E-state index in [4.69, 9.17) is 9.47 Å². The van der Waals surface area contributed by atoms with Gasteiger partial charge in [0, 0.05) is 5.56 Å². The Morgan fingerprint density at radius 3 is 2.85 bits per heavy atom. The van der Waals surface area contributed by atoms with Gasteiger partial charge in [0.2, 0.25) is 5.91 Å². The maximum absolute atomic E-state index is 11.7. The molecule has 0 atom stereocenters. The average molecular weight is 278 g/mol. The molecule has 1 aliphatic rings. The first-order valence-electron chi connectivity index (χ1n) is 6.47. The Morgan fingerprint density at radius 1 is 1.45 bits per heavy atom. The fourth-order valence-electron chi connectivity index (χ4n) is 1.88. The van der Waals surface area contributed by atoms with Gasteiger partial charge in [0.1, 0.15) is 5.75 Å². The number of aromatic hydroxyl groups is 1. The first-order valence-corrected chi connectivity index (χ1v) is 6.47. The number of nitrogens with one attached hydrogen (secondary N) is 1. The minimum absolute atomic E-state index is 0.0745. The van der Waals surface area contributed by atoms with E-state index in [-0.39, 0.29) is 18.1 Å². The normalized spacial score (nSPS) is 18.1. The van der Waals surface area contributed by atoms with Crippen LogP contribution in [0, 0.1) is 0 Å². The van der Waals surface area contributed by atoms with Crippen LogP contribution in [0.15, 0.2) is 29.4 Å². The van der Waals surface area contributed by atoms with E-state index in [0.717, 1.165) is 6.42 Å². The summed E-state index contributed by atoms with van der Waals surface area (Å²) in [6.45, 7) is 2.91. The highest BCUT2D eigenvalue weighted by atomic mass is 16.7. The summed E-state index contributed by atoms with van der Waals surface area (Å²) in [6.07, 6.45) is 2.30. The summed E-state index contributed by atoms with van der Waals surface area (Å²) >= 11 is 0. The number of nitrogens with zero attached hydrogens (tertiary/aromatic N) is 1. The molecule has 6 heteroatoms. The Kier molecular flexibility index (Phi) is 4.70. The molecule has 1 fully saturated rings. The van der Waals surface area contributed by atoms with Crippen LogP contribution in [-0.2, 0) is 14.3 Å². The van der Waals surface area contributed by atoms with Crippen molar-refractivity contribution in [1.29, 1.82) is 0 Å². The number of hydrazone groups is 1. The fourth-order valence-corrected chi connectivity index (χ4v) is 1.88. The van der Waals surface area contributed by atoms with Gasteiger partial charge in [-0.2, -0.15) is 5.10 Å². The lowest BCUT2D eigenvalue weighted by atomic mass is 10.2. The molecule has 1 heterocycles. The summed E-state index contributed by atoms with van der Waals surface area (Å²) in [5.41, 5.74) is 2.92. The van der Waals surface area contributed by atoms with Crippen LogP contribution in [0.5, 0.6) is 5.75 Å². The van der Waals surface area contributed by atoms with E-state index >= 15 is 0 Å². The van der Waals surface area contributed by atoms with Crippen LogP contribution in [0.2, 0.25) is 0 Å². The molecule has 0 unspecified atom stereocenters. The lowest BCUT2D eigenvalue weighted by molar-refractivity contribution is -0.256. The van der Waals surface area contributed by atoms with Gasteiger partial charge >= 0.3 is 0 Å². The van der Waals surface area contributed by atoms with E-state index < -0.39 is 5.79 Å². The van der Waals surface area contributed by atoms with Gasteiger partial charge in [0.15, 0.2) is 5.79 Å². The van der Waals surface area contributed by atoms with E-state index in [9.17, 15) is 9.90 Å². The molecular weight excluding hydrogens is 260 g/mol. The molecule has 2 N–H and O–H groups in total. The molecule has 2 rings (SSSR count). The minimum atomic E-state index is -0.882. The third-order valence-electron chi connectivity index (χ3n) is 2.91. The van der Waals surface area contributed by atoms with Gasteiger partial charge in [-0.25, -0.2) is 5.43 Å². The highest BCUT2D eigenvalue weighted by Crippen LogP contribution is 2.21. The summed E-state index contributed by atoms with van der Waals surface area (Å²) in [6, 6.07) is 6.73. The summed E-state index contributed by atoms with van der Waals surface area (Å²) in [7, 11) is 0. The highest BCUT2D eigenvalue weighted by molar-refractivity contribution is 5.85. The maximum atomic E-state index is 11.7. The number of hydrogen-bond donors (Lipinski definition) is 2. The number of benzene rings is 1. The van der Waals surface area contributed by atoms with E-state index in [0.29, 0.717) is 18.8 Å². The van der Waals surface area contributed by atoms with Gasteiger partial charge in [-0.05, 0) is 25.5 Å². The molecule has 108 valence electrons. The second-order valence-electron chi connectivity index (χ2n) is 4.71. The van der Waals surface area contributed by atoms with E-state index in [1.165, 1.54) is 6.21 Å². The molecule has 0 aromatic heterocycles. The Labute approximate surface area is 117 Å². The molecule has 20 heavy (non-hydrogen) atoms. The largest absolute Gasteiger partial charge is 0.507 e. The lowest BCUT2D eigenvalue weighted by Gasteiger charge is -2.33. The number of rotatable bonds is 4. The molecule has 6 nitrogen and oxygen atoms in total. The number of phenols is 1. The number of amides is 1. The minimum Gasteiger partial charge on any atom is -0.507 e.